The minimum absolute atomic E-state index is 0.240. The minimum atomic E-state index is -0.374. The number of aromatic amines is 1. The molecule has 0 bridgehead atoms. The van der Waals surface area contributed by atoms with Crippen LogP contribution in [-0.2, 0) is 0 Å². The summed E-state index contributed by atoms with van der Waals surface area (Å²) in [6.45, 7) is 4.03. The second-order valence-corrected chi connectivity index (χ2v) is 7.41. The molecule has 1 N–H and O–H groups in total. The highest BCUT2D eigenvalue weighted by Crippen LogP contribution is 2.41. The van der Waals surface area contributed by atoms with Gasteiger partial charge in [-0.25, -0.2) is 14.4 Å². The molecule has 1 aliphatic carbocycles. The Labute approximate surface area is 150 Å². The average Bonchev–Trinajstić information content (AvgIpc) is 3.06. The van der Waals surface area contributed by atoms with E-state index in [1.165, 1.54) is 18.9 Å². The van der Waals surface area contributed by atoms with Gasteiger partial charge in [-0.05, 0) is 38.7 Å². The summed E-state index contributed by atoms with van der Waals surface area (Å²) in [5, 5.41) is 8.08. The Morgan fingerprint density at radius 1 is 1.15 bits per heavy atom. The third kappa shape index (κ3) is 2.67. The van der Waals surface area contributed by atoms with E-state index >= 15 is 0 Å². The van der Waals surface area contributed by atoms with Gasteiger partial charge in [0.25, 0.3) is 0 Å². The van der Waals surface area contributed by atoms with E-state index in [0.29, 0.717) is 11.2 Å². The van der Waals surface area contributed by atoms with Gasteiger partial charge in [-0.1, -0.05) is 0 Å². The molecule has 2 aromatic heterocycles. The zero-order valence-electron chi connectivity index (χ0n) is 14.6. The van der Waals surface area contributed by atoms with Crippen LogP contribution in [0.4, 0.5) is 10.2 Å². The van der Waals surface area contributed by atoms with Crippen LogP contribution in [0, 0.1) is 5.82 Å². The van der Waals surface area contributed by atoms with E-state index < -0.39 is 0 Å². The molecule has 0 radical (unpaired) electrons. The number of benzene rings is 1. The Balaban J connectivity index is 1.56. The van der Waals surface area contributed by atoms with E-state index in [2.05, 4.69) is 25.1 Å². The fourth-order valence-electron chi connectivity index (χ4n) is 3.43. The van der Waals surface area contributed by atoms with Crippen LogP contribution in [0.3, 0.4) is 0 Å². The number of hydrogen-bond acceptors (Lipinski definition) is 5. The molecule has 6 nitrogen and oxygen atoms in total. The fraction of sp³-hybridized carbons (Fsp3) is 0.421. The summed E-state index contributed by atoms with van der Waals surface area (Å²) < 4.78 is 20.2. The number of ether oxygens (including phenoxy) is 1. The summed E-state index contributed by atoms with van der Waals surface area (Å²) in [6.07, 6.45) is 5.84. The minimum Gasteiger partial charge on any atom is -0.484 e. The van der Waals surface area contributed by atoms with E-state index in [9.17, 15) is 4.39 Å². The molecule has 2 fully saturated rings. The molecule has 7 heteroatoms. The van der Waals surface area contributed by atoms with E-state index in [4.69, 9.17) is 4.74 Å². The Kier molecular flexibility index (Phi) is 3.38. The first-order valence-corrected chi connectivity index (χ1v) is 9.05. The summed E-state index contributed by atoms with van der Waals surface area (Å²) in [5.74, 6) is 0.808. The third-order valence-electron chi connectivity index (χ3n) is 5.25. The van der Waals surface area contributed by atoms with Crippen molar-refractivity contribution < 1.29 is 9.13 Å². The number of fused-ring (bicyclic) bond motifs is 1. The SMILES string of the molecule is CC1(Oc2cc3c(-c4cc(N5CCCC5)ncn4)n[nH]c3cc2F)CC1. The van der Waals surface area contributed by atoms with Crippen LogP contribution in [0.25, 0.3) is 22.3 Å². The van der Waals surface area contributed by atoms with Gasteiger partial charge in [-0.3, -0.25) is 5.10 Å². The molecule has 0 unspecified atom stereocenters. The Hall–Kier alpha value is -2.70. The second kappa shape index (κ2) is 5.65. The number of anilines is 1. The Morgan fingerprint density at radius 2 is 1.96 bits per heavy atom. The monoisotopic (exact) mass is 353 g/mol. The maximum absolute atomic E-state index is 14.4. The normalized spacial score (nSPS) is 18.5. The van der Waals surface area contributed by atoms with Crippen LogP contribution in [0.15, 0.2) is 24.5 Å². The maximum atomic E-state index is 14.4. The third-order valence-corrected chi connectivity index (χ3v) is 5.25. The van der Waals surface area contributed by atoms with Gasteiger partial charge in [0.1, 0.15) is 23.4 Å². The van der Waals surface area contributed by atoms with Gasteiger partial charge in [0, 0.05) is 30.6 Å². The average molecular weight is 353 g/mol. The molecule has 0 amide bonds. The van der Waals surface area contributed by atoms with Gasteiger partial charge in [-0.15, -0.1) is 0 Å². The number of hydrogen-bond donors (Lipinski definition) is 1. The molecule has 3 aromatic rings. The van der Waals surface area contributed by atoms with Gasteiger partial charge in [-0.2, -0.15) is 5.10 Å². The molecular weight excluding hydrogens is 333 g/mol. The Morgan fingerprint density at radius 3 is 2.73 bits per heavy atom. The van der Waals surface area contributed by atoms with Gasteiger partial charge in [0.05, 0.1) is 11.2 Å². The van der Waals surface area contributed by atoms with Gasteiger partial charge in [0.2, 0.25) is 0 Å². The summed E-state index contributed by atoms with van der Waals surface area (Å²) in [5.41, 5.74) is 1.81. The van der Waals surface area contributed by atoms with Gasteiger partial charge >= 0.3 is 0 Å². The number of aromatic nitrogens is 4. The van der Waals surface area contributed by atoms with E-state index in [0.717, 1.165) is 42.8 Å². The van der Waals surface area contributed by atoms with Gasteiger partial charge in [0.15, 0.2) is 11.6 Å². The predicted octanol–water partition coefficient (Wildman–Crippen LogP) is 3.69. The van der Waals surface area contributed by atoms with Crippen molar-refractivity contribution in [2.75, 3.05) is 18.0 Å². The quantitative estimate of drug-likeness (QED) is 0.775. The highest BCUT2D eigenvalue weighted by atomic mass is 19.1. The Bertz CT molecular complexity index is 975. The first-order chi connectivity index (χ1) is 12.6. The summed E-state index contributed by atoms with van der Waals surface area (Å²) in [4.78, 5) is 11.0. The lowest BCUT2D eigenvalue weighted by atomic mass is 10.1. The van der Waals surface area contributed by atoms with E-state index in [-0.39, 0.29) is 17.2 Å². The number of halogens is 1. The molecule has 5 rings (SSSR count). The first kappa shape index (κ1) is 15.5. The molecule has 26 heavy (non-hydrogen) atoms. The summed E-state index contributed by atoms with van der Waals surface area (Å²) in [7, 11) is 0. The van der Waals surface area contributed by atoms with Crippen molar-refractivity contribution in [3.8, 4) is 17.1 Å². The highest BCUT2D eigenvalue weighted by molar-refractivity contribution is 5.93. The van der Waals surface area contributed by atoms with Crippen molar-refractivity contribution in [3.63, 3.8) is 0 Å². The van der Waals surface area contributed by atoms with Crippen LogP contribution in [0.2, 0.25) is 0 Å². The zero-order chi connectivity index (χ0) is 17.7. The smallest absolute Gasteiger partial charge is 0.167 e. The summed E-state index contributed by atoms with van der Waals surface area (Å²) in [6, 6.07) is 5.12. The maximum Gasteiger partial charge on any atom is 0.167 e. The van der Waals surface area contributed by atoms with Crippen LogP contribution in [0.1, 0.15) is 32.6 Å². The molecule has 0 atom stereocenters. The van der Waals surface area contributed by atoms with Crippen molar-refractivity contribution in [1.82, 2.24) is 20.2 Å². The van der Waals surface area contributed by atoms with Crippen molar-refractivity contribution >= 4 is 16.7 Å². The van der Waals surface area contributed by atoms with Gasteiger partial charge < -0.3 is 9.64 Å². The van der Waals surface area contributed by atoms with E-state index in [1.807, 2.05) is 13.0 Å². The number of nitrogens with one attached hydrogen (secondary N) is 1. The standard InChI is InChI=1S/C19H20FN5O/c1-19(4-5-19)26-16-8-12-14(9-13(16)20)23-24-18(12)15-10-17(22-11-21-15)25-6-2-3-7-25/h8-11H,2-7H2,1H3,(H,23,24). The van der Waals surface area contributed by atoms with Crippen molar-refractivity contribution in [1.29, 1.82) is 0 Å². The topological polar surface area (TPSA) is 66.9 Å². The largest absolute Gasteiger partial charge is 0.484 e. The summed E-state index contributed by atoms with van der Waals surface area (Å²) >= 11 is 0. The van der Waals surface area contributed by atoms with Crippen molar-refractivity contribution in [2.45, 2.75) is 38.2 Å². The molecule has 3 heterocycles. The molecule has 2 aliphatic rings. The lowest BCUT2D eigenvalue weighted by Gasteiger charge is -2.16. The van der Waals surface area contributed by atoms with Crippen LogP contribution in [0.5, 0.6) is 5.75 Å². The van der Waals surface area contributed by atoms with Crippen LogP contribution in [-0.4, -0.2) is 38.9 Å². The molecule has 0 spiro atoms. The molecule has 134 valence electrons. The second-order valence-electron chi connectivity index (χ2n) is 7.41. The first-order valence-electron chi connectivity index (χ1n) is 9.05. The molecule has 1 aromatic carbocycles. The molecular formula is C19H20FN5O. The predicted molar refractivity (Wildman–Crippen MR) is 96.8 cm³/mol. The number of H-pyrrole nitrogens is 1. The zero-order valence-corrected chi connectivity index (χ0v) is 14.6. The lowest BCUT2D eigenvalue weighted by Crippen LogP contribution is -2.19. The van der Waals surface area contributed by atoms with E-state index in [1.54, 1.807) is 12.4 Å². The number of rotatable bonds is 4. The van der Waals surface area contributed by atoms with Crippen LogP contribution >= 0.6 is 0 Å². The molecule has 1 aliphatic heterocycles. The van der Waals surface area contributed by atoms with Crippen LogP contribution < -0.4 is 9.64 Å². The fourth-order valence-corrected chi connectivity index (χ4v) is 3.43. The molecule has 1 saturated carbocycles. The van der Waals surface area contributed by atoms with Crippen molar-refractivity contribution in [2.24, 2.45) is 0 Å². The highest BCUT2D eigenvalue weighted by Gasteiger charge is 2.40. The number of nitrogens with zero attached hydrogens (tertiary/aromatic N) is 4. The lowest BCUT2D eigenvalue weighted by molar-refractivity contribution is 0.191. The molecule has 1 saturated heterocycles. The van der Waals surface area contributed by atoms with Crippen molar-refractivity contribution in [3.05, 3.63) is 30.3 Å².